The van der Waals surface area contributed by atoms with Crippen molar-refractivity contribution in [1.29, 1.82) is 5.26 Å². The molecule has 4 rings (SSSR count). The molecule has 0 aliphatic carbocycles. The van der Waals surface area contributed by atoms with E-state index in [-0.39, 0.29) is 37.0 Å². The number of carboxylic acid groups (broad SMARTS) is 1. The van der Waals surface area contributed by atoms with Gasteiger partial charge in [-0.2, -0.15) is 5.26 Å². The van der Waals surface area contributed by atoms with Crippen molar-refractivity contribution in [2.75, 3.05) is 24.5 Å². The zero-order chi connectivity index (χ0) is 24.9. The number of nitrogens with one attached hydrogen (secondary N) is 1. The van der Waals surface area contributed by atoms with E-state index in [0.717, 1.165) is 24.2 Å². The van der Waals surface area contributed by atoms with Gasteiger partial charge in [0, 0.05) is 32.1 Å². The van der Waals surface area contributed by atoms with Gasteiger partial charge in [-0.25, -0.2) is 4.98 Å². The van der Waals surface area contributed by atoms with Crippen LogP contribution in [0.3, 0.4) is 0 Å². The van der Waals surface area contributed by atoms with E-state index >= 15 is 0 Å². The number of carbonyl (C=O) groups is 2. The number of carbonyl (C=O) groups excluding carboxylic acids is 1. The Hall–Kier alpha value is -3.75. The van der Waals surface area contributed by atoms with Gasteiger partial charge in [-0.05, 0) is 37.0 Å². The lowest BCUT2D eigenvalue weighted by Gasteiger charge is -2.33. The number of aromatic nitrogens is 2. The summed E-state index contributed by atoms with van der Waals surface area (Å²) in [4.78, 5) is 44.0. The molecule has 1 unspecified atom stereocenters. The fourth-order valence-corrected chi connectivity index (χ4v) is 5.11. The van der Waals surface area contributed by atoms with E-state index in [0.29, 0.717) is 51.7 Å². The lowest BCUT2D eigenvalue weighted by atomic mass is 10.1. The minimum atomic E-state index is -0.922. The number of hydrogen-bond acceptors (Lipinski definition) is 8. The molecule has 35 heavy (non-hydrogen) atoms. The van der Waals surface area contributed by atoms with E-state index in [1.807, 2.05) is 17.0 Å². The molecule has 1 aromatic carbocycles. The third-order valence-electron chi connectivity index (χ3n) is 5.90. The van der Waals surface area contributed by atoms with Gasteiger partial charge in [0.25, 0.3) is 11.5 Å². The third kappa shape index (κ3) is 5.50. The number of nitrogens with two attached hydrogens (primary N) is 1. The first-order chi connectivity index (χ1) is 16.9. The van der Waals surface area contributed by atoms with Crippen molar-refractivity contribution in [2.45, 2.75) is 38.3 Å². The Morgan fingerprint density at radius 2 is 2.14 bits per heavy atom. The summed E-state index contributed by atoms with van der Waals surface area (Å²) in [5, 5.41) is 21.0. The Labute approximate surface area is 205 Å². The summed E-state index contributed by atoms with van der Waals surface area (Å²) in [6, 6.07) is 10.8. The van der Waals surface area contributed by atoms with Crippen LogP contribution >= 0.6 is 11.3 Å². The summed E-state index contributed by atoms with van der Waals surface area (Å²) in [7, 11) is 0. The molecule has 1 aliphatic heterocycles. The first-order valence-corrected chi connectivity index (χ1v) is 12.2. The van der Waals surface area contributed by atoms with Crippen molar-refractivity contribution in [2.24, 2.45) is 5.73 Å². The van der Waals surface area contributed by atoms with Crippen molar-refractivity contribution in [3.05, 3.63) is 56.7 Å². The van der Waals surface area contributed by atoms with Crippen molar-refractivity contribution in [1.82, 2.24) is 14.9 Å². The fraction of sp³-hybridized carbons (Fsp3) is 0.375. The molecule has 0 radical (unpaired) electrons. The quantitative estimate of drug-likeness (QED) is 0.401. The van der Waals surface area contributed by atoms with Crippen LogP contribution in [0.2, 0.25) is 0 Å². The van der Waals surface area contributed by atoms with Crippen molar-refractivity contribution < 1.29 is 14.7 Å². The molecular formula is C24H26N6O4S. The summed E-state index contributed by atoms with van der Waals surface area (Å²) in [5.74, 6) is -0.828. The van der Waals surface area contributed by atoms with Crippen LogP contribution in [0.5, 0.6) is 0 Å². The SMILES string of the molecule is N#Cc1ccccc1Cn1c(N2CCCC(N)C2)nc2cc(C(=O)NCCCC(=O)O)sc2c1=O. The van der Waals surface area contributed by atoms with Crippen molar-refractivity contribution >= 4 is 39.4 Å². The summed E-state index contributed by atoms with van der Waals surface area (Å²) >= 11 is 1.05. The number of amides is 1. The van der Waals surface area contributed by atoms with E-state index in [9.17, 15) is 19.6 Å². The average molecular weight is 495 g/mol. The smallest absolute Gasteiger partial charge is 0.303 e. The van der Waals surface area contributed by atoms with Crippen LogP contribution in [0, 0.1) is 11.3 Å². The lowest BCUT2D eigenvalue weighted by molar-refractivity contribution is -0.137. The Morgan fingerprint density at radius 3 is 2.89 bits per heavy atom. The van der Waals surface area contributed by atoms with E-state index in [1.165, 1.54) is 0 Å². The second-order valence-electron chi connectivity index (χ2n) is 8.50. The highest BCUT2D eigenvalue weighted by molar-refractivity contribution is 7.20. The van der Waals surface area contributed by atoms with E-state index in [1.54, 1.807) is 22.8 Å². The Kier molecular flexibility index (Phi) is 7.43. The van der Waals surface area contributed by atoms with Gasteiger partial charge in [-0.1, -0.05) is 18.2 Å². The first-order valence-electron chi connectivity index (χ1n) is 11.4. The maximum atomic E-state index is 13.6. The zero-order valence-electron chi connectivity index (χ0n) is 19.1. The van der Waals surface area contributed by atoms with Crippen LogP contribution in [-0.4, -0.2) is 52.2 Å². The molecule has 182 valence electrons. The number of fused-ring (bicyclic) bond motifs is 1. The minimum absolute atomic E-state index is 0.0363. The molecule has 10 nitrogen and oxygen atoms in total. The molecule has 1 saturated heterocycles. The number of hydrogen-bond donors (Lipinski definition) is 3. The van der Waals surface area contributed by atoms with Crippen LogP contribution in [-0.2, 0) is 11.3 Å². The minimum Gasteiger partial charge on any atom is -0.481 e. The predicted octanol–water partition coefficient (Wildman–Crippen LogP) is 1.90. The van der Waals surface area contributed by atoms with Gasteiger partial charge in [0.05, 0.1) is 28.6 Å². The topological polar surface area (TPSA) is 154 Å². The van der Waals surface area contributed by atoms with Crippen molar-refractivity contribution in [3.8, 4) is 6.07 Å². The molecule has 0 spiro atoms. The van der Waals surface area contributed by atoms with Gasteiger partial charge < -0.3 is 21.1 Å². The number of carboxylic acids is 1. The monoisotopic (exact) mass is 494 g/mol. The number of benzene rings is 1. The molecule has 3 heterocycles. The Balaban J connectivity index is 1.72. The van der Waals surface area contributed by atoms with Gasteiger partial charge >= 0.3 is 5.97 Å². The van der Waals surface area contributed by atoms with Gasteiger partial charge in [0.1, 0.15) is 4.70 Å². The number of anilines is 1. The number of aliphatic carboxylic acids is 1. The first kappa shape index (κ1) is 24.4. The molecule has 2 aromatic heterocycles. The van der Waals surface area contributed by atoms with Gasteiger partial charge in [-0.3, -0.25) is 19.0 Å². The van der Waals surface area contributed by atoms with E-state index in [2.05, 4.69) is 11.4 Å². The second-order valence-corrected chi connectivity index (χ2v) is 9.55. The standard InChI is InChI=1S/C24H26N6O4S/c25-12-15-5-1-2-6-16(15)13-30-23(34)21-18(28-24(30)29-10-4-7-17(26)14-29)11-19(35-21)22(33)27-9-3-8-20(31)32/h1-2,5-6,11,17H,3-4,7-10,13-14,26H2,(H,27,33)(H,31,32). The molecule has 1 amide bonds. The molecule has 1 fully saturated rings. The van der Waals surface area contributed by atoms with Gasteiger partial charge in [0.2, 0.25) is 5.95 Å². The summed E-state index contributed by atoms with van der Waals surface area (Å²) in [6.07, 6.45) is 2.04. The van der Waals surface area contributed by atoms with E-state index in [4.69, 9.17) is 15.8 Å². The maximum absolute atomic E-state index is 13.6. The number of nitriles is 1. The normalized spacial score (nSPS) is 15.7. The molecule has 0 bridgehead atoms. The third-order valence-corrected chi connectivity index (χ3v) is 7.01. The lowest BCUT2D eigenvalue weighted by Crippen LogP contribution is -2.45. The predicted molar refractivity (Wildman–Crippen MR) is 133 cm³/mol. The number of nitrogens with zero attached hydrogens (tertiary/aromatic N) is 4. The summed E-state index contributed by atoms with van der Waals surface area (Å²) < 4.78 is 1.90. The van der Waals surface area contributed by atoms with Crippen LogP contribution < -0.4 is 21.5 Å². The van der Waals surface area contributed by atoms with E-state index < -0.39 is 5.97 Å². The van der Waals surface area contributed by atoms with Crippen molar-refractivity contribution in [3.63, 3.8) is 0 Å². The maximum Gasteiger partial charge on any atom is 0.303 e. The number of thiophene rings is 1. The van der Waals surface area contributed by atoms with Gasteiger partial charge in [-0.15, -0.1) is 11.3 Å². The fourth-order valence-electron chi connectivity index (χ4n) is 4.15. The van der Waals surface area contributed by atoms with Crippen LogP contribution in [0.15, 0.2) is 35.1 Å². The molecule has 4 N–H and O–H groups in total. The molecule has 11 heteroatoms. The van der Waals surface area contributed by atoms with Crippen LogP contribution in [0.1, 0.15) is 46.5 Å². The number of rotatable bonds is 8. The Morgan fingerprint density at radius 1 is 1.34 bits per heavy atom. The average Bonchev–Trinajstić information content (AvgIpc) is 3.28. The largest absolute Gasteiger partial charge is 0.481 e. The number of piperidine rings is 1. The molecule has 3 aromatic rings. The van der Waals surface area contributed by atoms with Crippen LogP contribution in [0.4, 0.5) is 5.95 Å². The zero-order valence-corrected chi connectivity index (χ0v) is 19.9. The molecule has 1 atom stereocenters. The summed E-state index contributed by atoms with van der Waals surface area (Å²) in [5.41, 5.74) is 7.52. The van der Waals surface area contributed by atoms with Gasteiger partial charge in [0.15, 0.2) is 0 Å². The van der Waals surface area contributed by atoms with Crippen LogP contribution in [0.25, 0.3) is 10.2 Å². The Bertz CT molecular complexity index is 1360. The molecule has 1 aliphatic rings. The molecule has 0 saturated carbocycles. The summed E-state index contributed by atoms with van der Waals surface area (Å²) in [6.45, 7) is 1.64. The highest BCUT2D eigenvalue weighted by Crippen LogP contribution is 2.26. The second kappa shape index (κ2) is 10.7. The molecular weight excluding hydrogens is 468 g/mol. The highest BCUT2D eigenvalue weighted by Gasteiger charge is 2.24. The highest BCUT2D eigenvalue weighted by atomic mass is 32.1.